The molecule has 0 bridgehead atoms. The van der Waals surface area contributed by atoms with Gasteiger partial charge < -0.3 is 9.64 Å². The third kappa shape index (κ3) is 5.95. The van der Waals surface area contributed by atoms with Crippen molar-refractivity contribution >= 4 is 11.9 Å². The highest BCUT2D eigenvalue weighted by atomic mass is 19.4. The second kappa shape index (κ2) is 8.94. The molecular formula is C20H27F3N2O3. The summed E-state index contributed by atoms with van der Waals surface area (Å²) in [5.74, 6) is -0.511. The topological polar surface area (TPSA) is 49.9 Å². The molecular weight excluding hydrogens is 373 g/mol. The predicted octanol–water partition coefficient (Wildman–Crippen LogP) is 3.33. The molecule has 1 heterocycles. The molecule has 1 fully saturated rings. The minimum Gasteiger partial charge on any atom is -0.466 e. The van der Waals surface area contributed by atoms with Crippen molar-refractivity contribution in [3.8, 4) is 0 Å². The van der Waals surface area contributed by atoms with Crippen LogP contribution in [0.2, 0.25) is 0 Å². The summed E-state index contributed by atoms with van der Waals surface area (Å²) in [5.41, 5.74) is -0.944. The molecule has 1 aliphatic rings. The molecule has 0 aliphatic carbocycles. The zero-order chi connectivity index (χ0) is 20.9. The summed E-state index contributed by atoms with van der Waals surface area (Å²) in [6, 6.07) is 5.31. The van der Waals surface area contributed by atoms with E-state index < -0.39 is 23.1 Å². The number of carbonyl (C=O) groups is 2. The molecule has 0 atom stereocenters. The smallest absolute Gasteiger partial charge is 0.416 e. The first-order valence-electron chi connectivity index (χ1n) is 9.36. The highest BCUT2D eigenvalue weighted by Crippen LogP contribution is 2.30. The Morgan fingerprint density at radius 1 is 1.11 bits per heavy atom. The highest BCUT2D eigenvalue weighted by molar-refractivity contribution is 5.85. The lowest BCUT2D eigenvalue weighted by Crippen LogP contribution is -2.49. The van der Waals surface area contributed by atoms with Crippen LogP contribution >= 0.6 is 0 Å². The van der Waals surface area contributed by atoms with Crippen molar-refractivity contribution in [1.29, 1.82) is 0 Å². The molecule has 2 rings (SSSR count). The summed E-state index contributed by atoms with van der Waals surface area (Å²) >= 11 is 0. The third-order valence-corrected chi connectivity index (χ3v) is 4.81. The number of alkyl halides is 3. The van der Waals surface area contributed by atoms with E-state index in [2.05, 4.69) is 0 Å². The standard InChI is InChI=1S/C20H27F3N2O3/c1-4-28-18(27)19(2,3)13-17(26)25-10-8-24(9-11-25)14-15-6-5-7-16(12-15)20(21,22)23/h5-7,12H,4,8-11,13-14H2,1-3H3. The summed E-state index contributed by atoms with van der Waals surface area (Å²) < 4.78 is 43.5. The van der Waals surface area contributed by atoms with Gasteiger partial charge in [-0.3, -0.25) is 14.5 Å². The molecule has 0 aromatic heterocycles. The number of hydrogen-bond donors (Lipinski definition) is 0. The predicted molar refractivity (Wildman–Crippen MR) is 98.3 cm³/mol. The Bertz CT molecular complexity index is 696. The number of rotatable bonds is 6. The van der Waals surface area contributed by atoms with Crippen molar-refractivity contribution in [2.24, 2.45) is 5.41 Å². The fourth-order valence-electron chi connectivity index (χ4n) is 3.15. The summed E-state index contributed by atoms with van der Waals surface area (Å²) in [4.78, 5) is 28.2. The number of benzene rings is 1. The Kier molecular flexibility index (Phi) is 7.09. The number of hydrogen-bond acceptors (Lipinski definition) is 4. The fraction of sp³-hybridized carbons (Fsp3) is 0.600. The lowest BCUT2D eigenvalue weighted by molar-refractivity contribution is -0.157. The molecule has 0 spiro atoms. The van der Waals surface area contributed by atoms with Crippen LogP contribution in [0.1, 0.15) is 38.3 Å². The number of nitrogens with zero attached hydrogens (tertiary/aromatic N) is 2. The van der Waals surface area contributed by atoms with E-state index in [0.29, 0.717) is 38.3 Å². The second-order valence-electron chi connectivity index (χ2n) is 7.64. The third-order valence-electron chi connectivity index (χ3n) is 4.81. The molecule has 8 heteroatoms. The summed E-state index contributed by atoms with van der Waals surface area (Å²) in [7, 11) is 0. The summed E-state index contributed by atoms with van der Waals surface area (Å²) in [5, 5.41) is 0. The van der Waals surface area contributed by atoms with E-state index in [-0.39, 0.29) is 18.9 Å². The van der Waals surface area contributed by atoms with Crippen LogP contribution in [0, 0.1) is 5.41 Å². The Morgan fingerprint density at radius 3 is 2.32 bits per heavy atom. The molecule has 0 radical (unpaired) electrons. The lowest BCUT2D eigenvalue weighted by Gasteiger charge is -2.36. The van der Waals surface area contributed by atoms with Gasteiger partial charge in [0, 0.05) is 39.1 Å². The van der Waals surface area contributed by atoms with E-state index in [1.165, 1.54) is 12.1 Å². The number of ether oxygens (including phenoxy) is 1. The first-order chi connectivity index (χ1) is 13.0. The van der Waals surface area contributed by atoms with Gasteiger partial charge in [-0.25, -0.2) is 0 Å². The molecule has 1 saturated heterocycles. The Labute approximate surface area is 163 Å². The number of esters is 1. The largest absolute Gasteiger partial charge is 0.466 e. The monoisotopic (exact) mass is 400 g/mol. The Balaban J connectivity index is 1.87. The normalized spacial score (nSPS) is 16.1. The number of piperazine rings is 1. The van der Waals surface area contributed by atoms with Crippen LogP contribution in [0.5, 0.6) is 0 Å². The second-order valence-corrected chi connectivity index (χ2v) is 7.64. The molecule has 0 unspecified atom stereocenters. The maximum atomic E-state index is 12.8. The van der Waals surface area contributed by atoms with Crippen molar-refractivity contribution in [3.05, 3.63) is 35.4 Å². The van der Waals surface area contributed by atoms with Crippen LogP contribution < -0.4 is 0 Å². The Hall–Kier alpha value is -2.09. The van der Waals surface area contributed by atoms with Gasteiger partial charge in [-0.2, -0.15) is 13.2 Å². The molecule has 28 heavy (non-hydrogen) atoms. The van der Waals surface area contributed by atoms with E-state index in [1.54, 1.807) is 31.7 Å². The first kappa shape index (κ1) is 22.2. The average Bonchev–Trinajstić information content (AvgIpc) is 2.61. The number of carbonyl (C=O) groups excluding carboxylic acids is 2. The van der Waals surface area contributed by atoms with Crippen LogP contribution in [0.25, 0.3) is 0 Å². The van der Waals surface area contributed by atoms with Gasteiger partial charge >= 0.3 is 12.1 Å². The molecule has 1 amide bonds. The number of halogens is 3. The van der Waals surface area contributed by atoms with Crippen molar-refractivity contribution in [3.63, 3.8) is 0 Å². The average molecular weight is 400 g/mol. The van der Waals surface area contributed by atoms with Crippen molar-refractivity contribution in [2.75, 3.05) is 32.8 Å². The van der Waals surface area contributed by atoms with Gasteiger partial charge in [0.15, 0.2) is 0 Å². The van der Waals surface area contributed by atoms with Crippen LogP contribution in [0.15, 0.2) is 24.3 Å². The van der Waals surface area contributed by atoms with Crippen molar-refractivity contribution in [2.45, 2.75) is 39.9 Å². The maximum Gasteiger partial charge on any atom is 0.416 e. The van der Waals surface area contributed by atoms with Crippen molar-refractivity contribution < 1.29 is 27.5 Å². The van der Waals surface area contributed by atoms with E-state index in [4.69, 9.17) is 4.74 Å². The zero-order valence-electron chi connectivity index (χ0n) is 16.5. The zero-order valence-corrected chi connectivity index (χ0v) is 16.5. The molecule has 5 nitrogen and oxygen atoms in total. The van der Waals surface area contributed by atoms with Gasteiger partial charge in [-0.1, -0.05) is 18.2 Å². The van der Waals surface area contributed by atoms with Gasteiger partial charge in [0.25, 0.3) is 0 Å². The van der Waals surface area contributed by atoms with E-state index in [1.807, 2.05) is 4.90 Å². The van der Waals surface area contributed by atoms with Crippen LogP contribution in [0.3, 0.4) is 0 Å². The van der Waals surface area contributed by atoms with Crippen molar-refractivity contribution in [1.82, 2.24) is 9.80 Å². The fourth-order valence-corrected chi connectivity index (χ4v) is 3.15. The van der Waals surface area contributed by atoms with E-state index in [9.17, 15) is 22.8 Å². The highest BCUT2D eigenvalue weighted by Gasteiger charge is 2.34. The molecule has 0 saturated carbocycles. The SMILES string of the molecule is CCOC(=O)C(C)(C)CC(=O)N1CCN(Cc2cccc(C(F)(F)F)c2)CC1. The minimum absolute atomic E-state index is 0.0689. The van der Waals surface area contributed by atoms with E-state index in [0.717, 1.165) is 6.07 Å². The van der Waals surface area contributed by atoms with Gasteiger partial charge in [-0.05, 0) is 32.4 Å². The summed E-state index contributed by atoms with van der Waals surface area (Å²) in [6.07, 6.45) is -4.29. The summed E-state index contributed by atoms with van der Waals surface area (Å²) in [6.45, 7) is 7.88. The quantitative estimate of drug-likeness (QED) is 0.688. The molecule has 0 N–H and O–H groups in total. The molecule has 1 aromatic rings. The Morgan fingerprint density at radius 2 is 1.75 bits per heavy atom. The first-order valence-corrected chi connectivity index (χ1v) is 9.36. The molecule has 1 aromatic carbocycles. The maximum absolute atomic E-state index is 12.8. The van der Waals surface area contributed by atoms with Crippen LogP contribution in [-0.4, -0.2) is 54.5 Å². The molecule has 1 aliphatic heterocycles. The van der Waals surface area contributed by atoms with Gasteiger partial charge in [0.05, 0.1) is 17.6 Å². The number of amides is 1. The minimum atomic E-state index is -4.35. The van der Waals surface area contributed by atoms with Gasteiger partial charge in [-0.15, -0.1) is 0 Å². The van der Waals surface area contributed by atoms with Gasteiger partial charge in [0.2, 0.25) is 5.91 Å². The molecule has 156 valence electrons. The van der Waals surface area contributed by atoms with Gasteiger partial charge in [0.1, 0.15) is 0 Å². The van der Waals surface area contributed by atoms with E-state index >= 15 is 0 Å². The van der Waals surface area contributed by atoms with Crippen LogP contribution in [0.4, 0.5) is 13.2 Å². The van der Waals surface area contributed by atoms with Crippen LogP contribution in [-0.2, 0) is 27.0 Å². The lowest BCUT2D eigenvalue weighted by atomic mass is 9.88.